The van der Waals surface area contributed by atoms with Crippen LogP contribution in [0.1, 0.15) is 59.3 Å². The zero-order chi connectivity index (χ0) is 9.90. The van der Waals surface area contributed by atoms with Gasteiger partial charge < -0.3 is 5.11 Å². The molecule has 0 saturated heterocycles. The van der Waals surface area contributed by atoms with Gasteiger partial charge in [-0.05, 0) is 30.6 Å². The van der Waals surface area contributed by atoms with Gasteiger partial charge in [0.1, 0.15) is 0 Å². The van der Waals surface area contributed by atoms with Gasteiger partial charge in [0.2, 0.25) is 0 Å². The molecule has 1 N–H and O–H groups in total. The number of hydrogen-bond acceptors (Lipinski definition) is 1. The highest BCUT2D eigenvalue weighted by atomic mass is 16.3. The molecule has 0 aliphatic heterocycles. The van der Waals surface area contributed by atoms with Crippen LogP contribution in [0.25, 0.3) is 0 Å². The van der Waals surface area contributed by atoms with Crippen LogP contribution in [0.15, 0.2) is 0 Å². The van der Waals surface area contributed by atoms with Crippen LogP contribution in [-0.2, 0) is 0 Å². The minimum Gasteiger partial charge on any atom is -0.393 e. The van der Waals surface area contributed by atoms with Gasteiger partial charge in [0, 0.05) is 0 Å². The summed E-state index contributed by atoms with van der Waals surface area (Å²) in [5.41, 5.74) is 0.371. The third-order valence-electron chi connectivity index (χ3n) is 2.99. The summed E-state index contributed by atoms with van der Waals surface area (Å²) >= 11 is 0. The van der Waals surface area contributed by atoms with Crippen molar-refractivity contribution in [3.8, 4) is 0 Å². The van der Waals surface area contributed by atoms with Gasteiger partial charge in [0.15, 0.2) is 0 Å². The fourth-order valence-corrected chi connectivity index (χ4v) is 2.39. The molecule has 1 nitrogen and oxygen atoms in total. The standard InChI is InChI=1S/C12H24O/c1-12(2,3)9-10-7-5-4-6-8-11(10)13/h10-11,13H,4-9H2,1-3H3. The first-order chi connectivity index (χ1) is 5.99. The van der Waals surface area contributed by atoms with Gasteiger partial charge in [-0.2, -0.15) is 0 Å². The zero-order valence-electron chi connectivity index (χ0n) is 9.34. The maximum atomic E-state index is 9.91. The molecule has 0 amide bonds. The van der Waals surface area contributed by atoms with Gasteiger partial charge in [-0.1, -0.05) is 40.0 Å². The highest BCUT2D eigenvalue weighted by Crippen LogP contribution is 2.33. The molecule has 0 heterocycles. The largest absolute Gasteiger partial charge is 0.393 e. The van der Waals surface area contributed by atoms with E-state index in [9.17, 15) is 5.11 Å². The second kappa shape index (κ2) is 4.45. The molecule has 0 spiro atoms. The van der Waals surface area contributed by atoms with E-state index >= 15 is 0 Å². The van der Waals surface area contributed by atoms with E-state index < -0.39 is 0 Å². The molecule has 0 bridgehead atoms. The Morgan fingerprint density at radius 1 is 1.08 bits per heavy atom. The van der Waals surface area contributed by atoms with Gasteiger partial charge in [0.25, 0.3) is 0 Å². The smallest absolute Gasteiger partial charge is 0.0568 e. The van der Waals surface area contributed by atoms with Crippen LogP contribution in [-0.4, -0.2) is 11.2 Å². The van der Waals surface area contributed by atoms with Crippen molar-refractivity contribution >= 4 is 0 Å². The molecule has 1 fully saturated rings. The summed E-state index contributed by atoms with van der Waals surface area (Å²) in [4.78, 5) is 0. The predicted molar refractivity (Wildman–Crippen MR) is 56.7 cm³/mol. The number of aliphatic hydroxyl groups is 1. The molecule has 0 aromatic rings. The summed E-state index contributed by atoms with van der Waals surface area (Å²) in [6.45, 7) is 6.81. The Labute approximate surface area is 82.5 Å². The molecule has 1 saturated carbocycles. The maximum absolute atomic E-state index is 9.91. The Balaban J connectivity index is 2.45. The lowest BCUT2D eigenvalue weighted by Crippen LogP contribution is -2.24. The van der Waals surface area contributed by atoms with Crippen LogP contribution in [0.2, 0.25) is 0 Å². The molecule has 0 radical (unpaired) electrons. The lowest BCUT2D eigenvalue weighted by molar-refractivity contribution is 0.0755. The fourth-order valence-electron chi connectivity index (χ4n) is 2.39. The predicted octanol–water partition coefficient (Wildman–Crippen LogP) is 3.36. The molecular weight excluding hydrogens is 160 g/mol. The second-order valence-corrected chi connectivity index (χ2v) is 5.73. The molecule has 1 heteroatoms. The Kier molecular flexibility index (Phi) is 3.78. The van der Waals surface area contributed by atoms with Crippen LogP contribution in [0.3, 0.4) is 0 Å². The van der Waals surface area contributed by atoms with Crippen LogP contribution in [0.4, 0.5) is 0 Å². The fraction of sp³-hybridized carbons (Fsp3) is 1.00. The van der Waals surface area contributed by atoms with E-state index in [4.69, 9.17) is 0 Å². The Bertz CT molecular complexity index is 146. The normalized spacial score (nSPS) is 31.4. The summed E-state index contributed by atoms with van der Waals surface area (Å²) in [6, 6.07) is 0. The molecule has 2 unspecified atom stereocenters. The molecule has 2 atom stereocenters. The van der Waals surface area contributed by atoms with Crippen molar-refractivity contribution in [3.63, 3.8) is 0 Å². The lowest BCUT2D eigenvalue weighted by Gasteiger charge is -2.28. The molecule has 1 aliphatic carbocycles. The average molecular weight is 184 g/mol. The van der Waals surface area contributed by atoms with Crippen molar-refractivity contribution in [2.45, 2.75) is 65.4 Å². The molecule has 78 valence electrons. The van der Waals surface area contributed by atoms with Gasteiger partial charge >= 0.3 is 0 Å². The topological polar surface area (TPSA) is 20.2 Å². The first kappa shape index (κ1) is 11.0. The summed E-state index contributed by atoms with van der Waals surface area (Å²) in [5, 5.41) is 9.91. The number of rotatable bonds is 1. The van der Waals surface area contributed by atoms with E-state index in [1.807, 2.05) is 0 Å². The van der Waals surface area contributed by atoms with Gasteiger partial charge in [-0.3, -0.25) is 0 Å². The van der Waals surface area contributed by atoms with E-state index in [1.165, 1.54) is 32.1 Å². The number of hydrogen-bond donors (Lipinski definition) is 1. The highest BCUT2D eigenvalue weighted by Gasteiger charge is 2.25. The van der Waals surface area contributed by atoms with Crippen molar-refractivity contribution in [1.82, 2.24) is 0 Å². The van der Waals surface area contributed by atoms with Crippen molar-refractivity contribution in [2.75, 3.05) is 0 Å². The minimum atomic E-state index is -0.0262. The van der Waals surface area contributed by atoms with Crippen LogP contribution >= 0.6 is 0 Å². The zero-order valence-corrected chi connectivity index (χ0v) is 9.34. The summed E-state index contributed by atoms with van der Waals surface area (Å²) in [5.74, 6) is 0.558. The van der Waals surface area contributed by atoms with E-state index in [-0.39, 0.29) is 6.10 Å². The Hall–Kier alpha value is -0.0400. The Morgan fingerprint density at radius 2 is 1.69 bits per heavy atom. The van der Waals surface area contributed by atoms with Crippen molar-refractivity contribution < 1.29 is 5.11 Å². The van der Waals surface area contributed by atoms with E-state index in [2.05, 4.69) is 20.8 Å². The van der Waals surface area contributed by atoms with Gasteiger partial charge in [-0.15, -0.1) is 0 Å². The van der Waals surface area contributed by atoms with E-state index in [0.29, 0.717) is 11.3 Å². The Morgan fingerprint density at radius 3 is 2.31 bits per heavy atom. The monoisotopic (exact) mass is 184 g/mol. The van der Waals surface area contributed by atoms with Crippen molar-refractivity contribution in [2.24, 2.45) is 11.3 Å². The third-order valence-corrected chi connectivity index (χ3v) is 2.99. The SMILES string of the molecule is CC(C)(C)CC1CCCCCC1O. The van der Waals surface area contributed by atoms with E-state index in [1.54, 1.807) is 0 Å². The van der Waals surface area contributed by atoms with Crippen molar-refractivity contribution in [3.05, 3.63) is 0 Å². The minimum absolute atomic E-state index is 0.0262. The maximum Gasteiger partial charge on any atom is 0.0568 e. The van der Waals surface area contributed by atoms with Gasteiger partial charge in [-0.25, -0.2) is 0 Å². The lowest BCUT2D eigenvalue weighted by atomic mass is 9.80. The molecule has 0 aromatic heterocycles. The summed E-state index contributed by atoms with van der Waals surface area (Å²) in [6.07, 6.45) is 7.27. The molecule has 13 heavy (non-hydrogen) atoms. The molecule has 0 aromatic carbocycles. The van der Waals surface area contributed by atoms with Crippen LogP contribution < -0.4 is 0 Å². The second-order valence-electron chi connectivity index (χ2n) is 5.73. The van der Waals surface area contributed by atoms with Crippen molar-refractivity contribution in [1.29, 1.82) is 0 Å². The molecule has 1 aliphatic rings. The van der Waals surface area contributed by atoms with Crippen LogP contribution in [0.5, 0.6) is 0 Å². The third kappa shape index (κ3) is 4.12. The summed E-state index contributed by atoms with van der Waals surface area (Å²) < 4.78 is 0. The molecule has 1 rings (SSSR count). The van der Waals surface area contributed by atoms with Crippen LogP contribution in [0, 0.1) is 11.3 Å². The first-order valence-corrected chi connectivity index (χ1v) is 5.67. The summed E-state index contributed by atoms with van der Waals surface area (Å²) in [7, 11) is 0. The quantitative estimate of drug-likeness (QED) is 0.619. The first-order valence-electron chi connectivity index (χ1n) is 5.67. The van der Waals surface area contributed by atoms with E-state index in [0.717, 1.165) is 6.42 Å². The molecular formula is C12H24O. The average Bonchev–Trinajstić information content (AvgIpc) is 2.14. The highest BCUT2D eigenvalue weighted by molar-refractivity contribution is 4.77. The van der Waals surface area contributed by atoms with Gasteiger partial charge in [0.05, 0.1) is 6.10 Å². The number of aliphatic hydroxyl groups excluding tert-OH is 1.